The standard InChI is InChI=1S/C16H19N5S/c17-9-12-4-7-21(8-5-12)14(10-18)15-11-20-16(22-15)13-3-1-2-6-19-13/h1-3,6,11-12,14H,4-5,7-9,17H2. The van der Waals surface area contributed by atoms with E-state index in [0.29, 0.717) is 5.92 Å². The molecule has 0 aromatic carbocycles. The first-order chi connectivity index (χ1) is 10.8. The van der Waals surface area contributed by atoms with Crippen LogP contribution in [-0.4, -0.2) is 34.5 Å². The Morgan fingerprint density at radius 3 is 2.82 bits per heavy atom. The lowest BCUT2D eigenvalue weighted by Crippen LogP contribution is -2.37. The summed E-state index contributed by atoms with van der Waals surface area (Å²) in [6.45, 7) is 2.60. The Kier molecular flexibility index (Phi) is 4.78. The van der Waals surface area contributed by atoms with Gasteiger partial charge < -0.3 is 5.73 Å². The zero-order chi connectivity index (χ0) is 15.4. The van der Waals surface area contributed by atoms with E-state index in [1.807, 2.05) is 24.4 Å². The quantitative estimate of drug-likeness (QED) is 0.938. The van der Waals surface area contributed by atoms with Crippen molar-refractivity contribution in [1.82, 2.24) is 14.9 Å². The highest BCUT2D eigenvalue weighted by Crippen LogP contribution is 2.32. The molecule has 22 heavy (non-hydrogen) atoms. The predicted molar refractivity (Wildman–Crippen MR) is 87.1 cm³/mol. The fourth-order valence-electron chi connectivity index (χ4n) is 2.79. The molecular weight excluding hydrogens is 294 g/mol. The topological polar surface area (TPSA) is 78.8 Å². The molecule has 2 aromatic rings. The Balaban J connectivity index is 1.75. The summed E-state index contributed by atoms with van der Waals surface area (Å²) in [6, 6.07) is 7.99. The molecular formula is C16H19N5S. The van der Waals surface area contributed by atoms with Gasteiger partial charge in [-0.15, -0.1) is 11.3 Å². The number of aromatic nitrogens is 2. The lowest BCUT2D eigenvalue weighted by atomic mass is 9.96. The third-order valence-corrected chi connectivity index (χ3v) is 5.22. The fraction of sp³-hybridized carbons (Fsp3) is 0.438. The molecule has 0 radical (unpaired) electrons. The van der Waals surface area contributed by atoms with Crippen LogP contribution in [0.2, 0.25) is 0 Å². The van der Waals surface area contributed by atoms with Crippen LogP contribution in [0.4, 0.5) is 0 Å². The van der Waals surface area contributed by atoms with Gasteiger partial charge in [-0.2, -0.15) is 5.26 Å². The number of nitrogens with two attached hydrogens (primary N) is 1. The molecule has 1 aliphatic rings. The summed E-state index contributed by atoms with van der Waals surface area (Å²) in [5, 5.41) is 10.4. The van der Waals surface area contributed by atoms with E-state index >= 15 is 0 Å². The van der Waals surface area contributed by atoms with Gasteiger partial charge in [-0.1, -0.05) is 6.07 Å². The summed E-state index contributed by atoms with van der Waals surface area (Å²) in [5.74, 6) is 0.598. The first-order valence-electron chi connectivity index (χ1n) is 7.52. The Labute approximate surface area is 134 Å². The van der Waals surface area contributed by atoms with Crippen molar-refractivity contribution in [3.63, 3.8) is 0 Å². The monoisotopic (exact) mass is 313 g/mol. The summed E-state index contributed by atoms with van der Waals surface area (Å²) in [6.07, 6.45) is 5.72. The zero-order valence-corrected chi connectivity index (χ0v) is 13.2. The molecule has 1 fully saturated rings. The smallest absolute Gasteiger partial charge is 0.142 e. The summed E-state index contributed by atoms with van der Waals surface area (Å²) < 4.78 is 0. The number of pyridine rings is 1. The van der Waals surface area contributed by atoms with Crippen LogP contribution in [0.5, 0.6) is 0 Å². The second-order valence-corrected chi connectivity index (χ2v) is 6.59. The van der Waals surface area contributed by atoms with Gasteiger partial charge in [0.1, 0.15) is 11.0 Å². The number of rotatable bonds is 4. The minimum Gasteiger partial charge on any atom is -0.330 e. The number of hydrogen-bond donors (Lipinski definition) is 1. The van der Waals surface area contributed by atoms with Crippen LogP contribution in [0.25, 0.3) is 10.7 Å². The van der Waals surface area contributed by atoms with Gasteiger partial charge in [-0.25, -0.2) is 4.98 Å². The van der Waals surface area contributed by atoms with Crippen molar-refractivity contribution in [3.05, 3.63) is 35.5 Å². The number of thiazole rings is 1. The highest BCUT2D eigenvalue weighted by atomic mass is 32.1. The maximum Gasteiger partial charge on any atom is 0.142 e. The molecule has 2 N–H and O–H groups in total. The fourth-order valence-corrected chi connectivity index (χ4v) is 3.77. The largest absolute Gasteiger partial charge is 0.330 e. The SMILES string of the molecule is N#CC(c1cnc(-c2ccccn2)s1)N1CCC(CN)CC1. The summed E-state index contributed by atoms with van der Waals surface area (Å²) >= 11 is 1.56. The zero-order valence-electron chi connectivity index (χ0n) is 12.4. The van der Waals surface area contributed by atoms with Crippen LogP contribution >= 0.6 is 11.3 Å². The maximum atomic E-state index is 9.58. The Morgan fingerprint density at radius 1 is 1.36 bits per heavy atom. The number of nitriles is 1. The van der Waals surface area contributed by atoms with Gasteiger partial charge in [0.25, 0.3) is 0 Å². The third-order valence-electron chi connectivity index (χ3n) is 4.15. The Bertz CT molecular complexity index is 640. The minimum atomic E-state index is -0.214. The molecule has 6 heteroatoms. The number of piperidine rings is 1. The van der Waals surface area contributed by atoms with Crippen molar-refractivity contribution in [2.24, 2.45) is 11.7 Å². The van der Waals surface area contributed by atoms with Crippen molar-refractivity contribution in [1.29, 1.82) is 5.26 Å². The lowest BCUT2D eigenvalue weighted by molar-refractivity contribution is 0.162. The molecule has 1 unspecified atom stereocenters. The summed E-state index contributed by atoms with van der Waals surface area (Å²) in [5.41, 5.74) is 6.60. The van der Waals surface area contributed by atoms with E-state index in [1.54, 1.807) is 17.5 Å². The number of likely N-dealkylation sites (tertiary alicyclic amines) is 1. The van der Waals surface area contributed by atoms with E-state index in [2.05, 4.69) is 20.9 Å². The molecule has 0 spiro atoms. The van der Waals surface area contributed by atoms with E-state index in [0.717, 1.165) is 48.1 Å². The first kappa shape index (κ1) is 15.1. The average Bonchev–Trinajstić information content (AvgIpc) is 3.07. The molecule has 114 valence electrons. The van der Waals surface area contributed by atoms with Gasteiger partial charge in [0.2, 0.25) is 0 Å². The Morgan fingerprint density at radius 2 is 2.18 bits per heavy atom. The Hall–Kier alpha value is -1.81. The average molecular weight is 313 g/mol. The van der Waals surface area contributed by atoms with E-state index in [4.69, 9.17) is 5.73 Å². The molecule has 0 saturated carbocycles. The molecule has 1 saturated heterocycles. The van der Waals surface area contributed by atoms with Gasteiger partial charge in [-0.3, -0.25) is 9.88 Å². The van der Waals surface area contributed by atoms with Gasteiger partial charge in [0, 0.05) is 25.5 Å². The van der Waals surface area contributed by atoms with Gasteiger partial charge in [0.05, 0.1) is 16.6 Å². The van der Waals surface area contributed by atoms with E-state index in [1.165, 1.54) is 0 Å². The molecule has 1 atom stereocenters. The van der Waals surface area contributed by atoms with Gasteiger partial charge in [0.15, 0.2) is 0 Å². The number of hydrogen-bond acceptors (Lipinski definition) is 6. The van der Waals surface area contributed by atoms with Crippen LogP contribution in [0.3, 0.4) is 0 Å². The van der Waals surface area contributed by atoms with Crippen molar-refractivity contribution < 1.29 is 0 Å². The third kappa shape index (κ3) is 3.17. The van der Waals surface area contributed by atoms with Crippen LogP contribution in [0.15, 0.2) is 30.6 Å². The predicted octanol–water partition coefficient (Wildman–Crippen LogP) is 2.44. The van der Waals surface area contributed by atoms with E-state index in [-0.39, 0.29) is 6.04 Å². The summed E-state index contributed by atoms with van der Waals surface area (Å²) in [7, 11) is 0. The molecule has 3 heterocycles. The molecule has 3 rings (SSSR count). The first-order valence-corrected chi connectivity index (χ1v) is 8.34. The molecule has 0 bridgehead atoms. The van der Waals surface area contributed by atoms with Crippen molar-refractivity contribution in [3.8, 4) is 16.8 Å². The molecule has 0 amide bonds. The van der Waals surface area contributed by atoms with E-state index in [9.17, 15) is 5.26 Å². The normalized spacial score (nSPS) is 18.0. The van der Waals surface area contributed by atoms with Gasteiger partial charge in [-0.05, 0) is 37.4 Å². The van der Waals surface area contributed by atoms with Crippen LogP contribution in [0, 0.1) is 17.2 Å². The van der Waals surface area contributed by atoms with E-state index < -0.39 is 0 Å². The van der Waals surface area contributed by atoms with Crippen LogP contribution < -0.4 is 5.73 Å². The molecule has 0 aliphatic carbocycles. The molecule has 1 aliphatic heterocycles. The summed E-state index contributed by atoms with van der Waals surface area (Å²) in [4.78, 5) is 12.0. The molecule has 5 nitrogen and oxygen atoms in total. The maximum absolute atomic E-state index is 9.58. The highest BCUT2D eigenvalue weighted by molar-refractivity contribution is 7.15. The van der Waals surface area contributed by atoms with Crippen molar-refractivity contribution in [2.45, 2.75) is 18.9 Å². The van der Waals surface area contributed by atoms with Crippen molar-refractivity contribution >= 4 is 11.3 Å². The minimum absolute atomic E-state index is 0.214. The second-order valence-electron chi connectivity index (χ2n) is 5.53. The van der Waals surface area contributed by atoms with Crippen LogP contribution in [0.1, 0.15) is 23.8 Å². The second kappa shape index (κ2) is 6.97. The van der Waals surface area contributed by atoms with Crippen molar-refractivity contribution in [2.75, 3.05) is 19.6 Å². The number of nitrogens with zero attached hydrogens (tertiary/aromatic N) is 4. The highest BCUT2D eigenvalue weighted by Gasteiger charge is 2.27. The van der Waals surface area contributed by atoms with Crippen LogP contribution in [-0.2, 0) is 0 Å². The van der Waals surface area contributed by atoms with Gasteiger partial charge >= 0.3 is 0 Å². The lowest BCUT2D eigenvalue weighted by Gasteiger charge is -2.33. The molecule has 2 aromatic heterocycles.